The summed E-state index contributed by atoms with van der Waals surface area (Å²) >= 11 is 0. The van der Waals surface area contributed by atoms with Crippen LogP contribution in [0.4, 0.5) is 0 Å². The van der Waals surface area contributed by atoms with E-state index < -0.39 is 0 Å². The molecule has 0 aromatic rings. The van der Waals surface area contributed by atoms with E-state index >= 15 is 0 Å². The lowest BCUT2D eigenvalue weighted by Gasteiger charge is -2.24. The molecule has 1 saturated carbocycles. The molecule has 6 heteroatoms. The van der Waals surface area contributed by atoms with Gasteiger partial charge in [0, 0.05) is 33.8 Å². The van der Waals surface area contributed by atoms with Gasteiger partial charge in [0.25, 0.3) is 0 Å². The van der Waals surface area contributed by atoms with E-state index in [2.05, 4.69) is 22.5 Å². The molecule has 0 bridgehead atoms. The minimum atomic E-state index is -0.00213. The van der Waals surface area contributed by atoms with Gasteiger partial charge in [0.2, 0.25) is 5.91 Å². The first kappa shape index (κ1) is 20.7. The number of methoxy groups -OCH3 is 1. The molecule has 0 saturated heterocycles. The third kappa shape index (κ3) is 9.11. The molecule has 0 aliphatic heterocycles. The summed E-state index contributed by atoms with van der Waals surface area (Å²) in [4.78, 5) is 17.7. The van der Waals surface area contributed by atoms with Crippen molar-refractivity contribution in [2.24, 2.45) is 10.9 Å². The third-order valence-electron chi connectivity index (χ3n) is 4.59. The first-order valence-electron chi connectivity index (χ1n) is 9.27. The molecule has 1 atom stereocenters. The van der Waals surface area contributed by atoms with Gasteiger partial charge in [-0.3, -0.25) is 4.79 Å². The molecule has 1 fully saturated rings. The van der Waals surface area contributed by atoms with E-state index in [4.69, 9.17) is 4.74 Å². The highest BCUT2D eigenvalue weighted by Gasteiger charge is 2.15. The second-order valence-electron chi connectivity index (χ2n) is 7.00. The summed E-state index contributed by atoms with van der Waals surface area (Å²) in [5, 5.41) is 6.65. The highest BCUT2D eigenvalue weighted by molar-refractivity contribution is 5.84. The van der Waals surface area contributed by atoms with Crippen LogP contribution in [0.3, 0.4) is 0 Å². The van der Waals surface area contributed by atoms with Crippen LogP contribution in [0.5, 0.6) is 0 Å². The van der Waals surface area contributed by atoms with Crippen LogP contribution in [0.1, 0.15) is 51.9 Å². The molecule has 0 heterocycles. The van der Waals surface area contributed by atoms with Crippen LogP contribution >= 0.6 is 0 Å². The first-order chi connectivity index (χ1) is 11.5. The van der Waals surface area contributed by atoms with E-state index in [0.717, 1.165) is 12.3 Å². The van der Waals surface area contributed by atoms with Crippen molar-refractivity contribution in [3.05, 3.63) is 0 Å². The van der Waals surface area contributed by atoms with Crippen LogP contribution in [0.25, 0.3) is 0 Å². The van der Waals surface area contributed by atoms with E-state index in [1.54, 1.807) is 26.1 Å². The molecule has 6 nitrogen and oxygen atoms in total. The minimum Gasteiger partial charge on any atom is -0.383 e. The van der Waals surface area contributed by atoms with E-state index in [1.807, 2.05) is 0 Å². The standard InChI is InChI=1S/C18H36N4O2/c1-15(10-11-16-8-6-5-7-9-16)21-18(19-12-13-24-4)20-14-17(23)22(2)3/h15-16H,5-14H2,1-4H3,(H2,19,20,21). The van der Waals surface area contributed by atoms with Gasteiger partial charge in [-0.25, -0.2) is 4.99 Å². The Morgan fingerprint density at radius 2 is 2.00 bits per heavy atom. The number of likely N-dealkylation sites (N-methyl/N-ethyl adjacent to an activating group) is 1. The Morgan fingerprint density at radius 1 is 1.29 bits per heavy atom. The quantitative estimate of drug-likeness (QED) is 0.383. The summed E-state index contributed by atoms with van der Waals surface area (Å²) in [5.41, 5.74) is 0. The van der Waals surface area contributed by atoms with Crippen molar-refractivity contribution < 1.29 is 9.53 Å². The summed E-state index contributed by atoms with van der Waals surface area (Å²) in [6.45, 7) is 3.63. The van der Waals surface area contributed by atoms with Crippen molar-refractivity contribution >= 4 is 11.9 Å². The minimum absolute atomic E-state index is 0.00213. The fourth-order valence-corrected chi connectivity index (χ4v) is 2.98. The molecule has 1 rings (SSSR count). The molecule has 0 aromatic carbocycles. The first-order valence-corrected chi connectivity index (χ1v) is 9.27. The van der Waals surface area contributed by atoms with Crippen LogP contribution in [0.2, 0.25) is 0 Å². The van der Waals surface area contributed by atoms with Crippen molar-refractivity contribution in [2.75, 3.05) is 40.9 Å². The summed E-state index contributed by atoms with van der Waals surface area (Å²) < 4.78 is 5.07. The summed E-state index contributed by atoms with van der Waals surface area (Å²) in [5.74, 6) is 1.58. The van der Waals surface area contributed by atoms with E-state index in [1.165, 1.54) is 38.5 Å². The molecule has 0 aromatic heterocycles. The van der Waals surface area contributed by atoms with Crippen LogP contribution in [-0.2, 0) is 9.53 Å². The zero-order chi connectivity index (χ0) is 17.8. The largest absolute Gasteiger partial charge is 0.383 e. The smallest absolute Gasteiger partial charge is 0.243 e. The van der Waals surface area contributed by atoms with Crippen LogP contribution in [0, 0.1) is 5.92 Å². The maximum atomic E-state index is 11.7. The Kier molecular flexibility index (Phi) is 10.5. The average molecular weight is 341 g/mol. The number of rotatable bonds is 9. The van der Waals surface area contributed by atoms with Gasteiger partial charge in [0.15, 0.2) is 5.96 Å². The monoisotopic (exact) mass is 340 g/mol. The Balaban J connectivity index is 2.42. The molecule has 1 aliphatic rings. The molecule has 1 unspecified atom stereocenters. The van der Waals surface area contributed by atoms with Crippen molar-refractivity contribution in [1.29, 1.82) is 0 Å². The number of carbonyl (C=O) groups excluding carboxylic acids is 1. The van der Waals surface area contributed by atoms with Crippen LogP contribution in [-0.4, -0.2) is 63.7 Å². The van der Waals surface area contributed by atoms with Gasteiger partial charge in [-0.15, -0.1) is 0 Å². The predicted octanol–water partition coefficient (Wildman–Crippen LogP) is 2.01. The molecule has 140 valence electrons. The second-order valence-corrected chi connectivity index (χ2v) is 7.00. The molecule has 2 N–H and O–H groups in total. The van der Waals surface area contributed by atoms with Gasteiger partial charge in [-0.05, 0) is 25.7 Å². The average Bonchev–Trinajstić information content (AvgIpc) is 2.58. The van der Waals surface area contributed by atoms with Gasteiger partial charge in [-0.1, -0.05) is 32.1 Å². The molecule has 0 spiro atoms. The van der Waals surface area contributed by atoms with Gasteiger partial charge in [-0.2, -0.15) is 0 Å². The number of carbonyl (C=O) groups is 1. The zero-order valence-electron chi connectivity index (χ0n) is 15.9. The van der Waals surface area contributed by atoms with Gasteiger partial charge < -0.3 is 20.3 Å². The van der Waals surface area contributed by atoms with Crippen LogP contribution in [0.15, 0.2) is 4.99 Å². The third-order valence-corrected chi connectivity index (χ3v) is 4.59. The topological polar surface area (TPSA) is 66.0 Å². The van der Waals surface area contributed by atoms with Crippen molar-refractivity contribution in [3.8, 4) is 0 Å². The van der Waals surface area contributed by atoms with E-state index in [9.17, 15) is 4.79 Å². The highest BCUT2D eigenvalue weighted by atomic mass is 16.5. The number of nitrogens with one attached hydrogen (secondary N) is 2. The number of hydrogen-bond donors (Lipinski definition) is 2. The Morgan fingerprint density at radius 3 is 2.62 bits per heavy atom. The molecule has 24 heavy (non-hydrogen) atoms. The van der Waals surface area contributed by atoms with Gasteiger partial charge in [0.1, 0.15) is 6.54 Å². The van der Waals surface area contributed by atoms with Crippen molar-refractivity contribution in [3.63, 3.8) is 0 Å². The lowest BCUT2D eigenvalue weighted by atomic mass is 9.85. The van der Waals surface area contributed by atoms with Gasteiger partial charge in [0.05, 0.1) is 6.61 Å². The SMILES string of the molecule is COCCNC(=NCC(=O)N(C)C)NC(C)CCC1CCCCC1. The molecular weight excluding hydrogens is 304 g/mol. The molecule has 0 radical (unpaired) electrons. The van der Waals surface area contributed by atoms with E-state index in [0.29, 0.717) is 25.2 Å². The Hall–Kier alpha value is -1.30. The predicted molar refractivity (Wildman–Crippen MR) is 99.3 cm³/mol. The van der Waals surface area contributed by atoms with Crippen molar-refractivity contribution in [1.82, 2.24) is 15.5 Å². The number of aliphatic imine (C=N–C) groups is 1. The number of amides is 1. The lowest BCUT2D eigenvalue weighted by Crippen LogP contribution is -2.44. The molecule has 1 amide bonds. The van der Waals surface area contributed by atoms with E-state index in [-0.39, 0.29) is 12.5 Å². The maximum absolute atomic E-state index is 11.7. The summed E-state index contributed by atoms with van der Waals surface area (Å²) in [6, 6.07) is 0.343. The Bertz CT molecular complexity index is 379. The molecular formula is C18H36N4O2. The van der Waals surface area contributed by atoms with Crippen molar-refractivity contribution in [2.45, 2.75) is 57.9 Å². The lowest BCUT2D eigenvalue weighted by molar-refractivity contribution is -0.127. The fraction of sp³-hybridized carbons (Fsp3) is 0.889. The number of hydrogen-bond acceptors (Lipinski definition) is 3. The number of nitrogens with zero attached hydrogens (tertiary/aromatic N) is 2. The number of ether oxygens (including phenoxy) is 1. The second kappa shape index (κ2) is 12.1. The molecule has 1 aliphatic carbocycles. The zero-order valence-corrected chi connectivity index (χ0v) is 15.9. The highest BCUT2D eigenvalue weighted by Crippen LogP contribution is 2.27. The number of guanidine groups is 1. The Labute approximate surface area is 147 Å². The normalized spacial score (nSPS) is 17.4. The fourth-order valence-electron chi connectivity index (χ4n) is 2.98. The van der Waals surface area contributed by atoms with Gasteiger partial charge >= 0.3 is 0 Å². The van der Waals surface area contributed by atoms with Crippen LogP contribution < -0.4 is 10.6 Å². The summed E-state index contributed by atoms with van der Waals surface area (Å²) in [7, 11) is 5.17. The summed E-state index contributed by atoms with van der Waals surface area (Å²) in [6.07, 6.45) is 9.38. The maximum Gasteiger partial charge on any atom is 0.243 e.